The summed E-state index contributed by atoms with van der Waals surface area (Å²) < 4.78 is 35.4. The van der Waals surface area contributed by atoms with Gasteiger partial charge in [0.1, 0.15) is 23.0 Å². The van der Waals surface area contributed by atoms with Crippen molar-refractivity contribution in [2.24, 2.45) is 0 Å². The Morgan fingerprint density at radius 3 is 1.24 bits per heavy atom. The third-order valence-electron chi connectivity index (χ3n) is 9.15. The summed E-state index contributed by atoms with van der Waals surface area (Å²) in [4.78, 5) is 24.0. The zero-order chi connectivity index (χ0) is 38.5. The molecule has 0 radical (unpaired) electrons. The molecule has 0 spiro atoms. The van der Waals surface area contributed by atoms with E-state index < -0.39 is 11.9 Å². The number of hydrogen-bond acceptors (Lipinski definition) is 10. The topological polar surface area (TPSA) is 136 Å². The van der Waals surface area contributed by atoms with Gasteiger partial charge >= 0.3 is 19.5 Å². The number of para-hydroxylation sites is 2. The first-order valence-electron chi connectivity index (χ1n) is 19.2. The molecule has 0 aromatic heterocycles. The molecule has 0 bridgehead atoms. The Bertz CT molecular complexity index is 1770. The molecule has 0 amide bonds. The zero-order valence-electron chi connectivity index (χ0n) is 32.5. The molecular weight excluding hydrogens is 754 g/mol. The summed E-state index contributed by atoms with van der Waals surface area (Å²) in [5, 5.41) is 24.0. The third kappa shape index (κ3) is 10.7. The predicted molar refractivity (Wildman–Crippen MR) is 202 cm³/mol. The summed E-state index contributed by atoms with van der Waals surface area (Å²) in [6, 6.07) is 18.7. The van der Waals surface area contributed by atoms with Crippen LogP contribution < -0.4 is 38.6 Å². The number of carboxylic acid groups (broad SMARTS) is 2. The zero-order valence-corrected chi connectivity index (χ0v) is 35.4. The average Bonchev–Trinajstić information content (AvgIpc) is 3.16. The SMILES string of the molecule is CCCCOc1cc2c(c(C(=O)[O-])c1OCCCC)Cc1ccccc1O2.CCCCOc1cc2c(c(C(=O)[O-])c1OCCCC)Cc1ccccc1O2.[Zn+2]. The molecule has 11 heteroatoms. The second kappa shape index (κ2) is 21.4. The third-order valence-corrected chi connectivity index (χ3v) is 9.15. The van der Waals surface area contributed by atoms with E-state index in [-0.39, 0.29) is 42.1 Å². The van der Waals surface area contributed by atoms with Crippen molar-refractivity contribution in [1.29, 1.82) is 0 Å². The van der Waals surface area contributed by atoms with E-state index in [1.807, 2.05) is 48.5 Å². The van der Waals surface area contributed by atoms with Crippen molar-refractivity contribution < 1.29 is 67.7 Å². The van der Waals surface area contributed by atoms with E-state index in [2.05, 4.69) is 27.7 Å². The molecule has 0 fully saturated rings. The Hall–Kier alpha value is -4.76. The van der Waals surface area contributed by atoms with Gasteiger partial charge in [0.15, 0.2) is 23.0 Å². The number of carbonyl (C=O) groups excluding carboxylic acids is 2. The first-order valence-corrected chi connectivity index (χ1v) is 19.2. The van der Waals surface area contributed by atoms with Gasteiger partial charge in [-0.05, 0) is 48.9 Å². The Labute approximate surface area is 336 Å². The number of unbranched alkanes of at least 4 members (excludes halogenated alkanes) is 4. The van der Waals surface area contributed by atoms with Crippen LogP contribution in [0.3, 0.4) is 0 Å². The normalized spacial score (nSPS) is 11.7. The standard InChI is InChI=1S/2C22H26O5.Zn/c2*1-3-5-11-25-19-14-18-16(13-15-9-7-8-10-17(15)27-18)20(22(23)24)21(19)26-12-6-4-2;/h2*7-10,14H,3-6,11-13H2,1-2H3,(H,23,24);/q;;+2/p-2. The summed E-state index contributed by atoms with van der Waals surface area (Å²) in [7, 11) is 0. The van der Waals surface area contributed by atoms with Crippen molar-refractivity contribution in [3.8, 4) is 46.0 Å². The van der Waals surface area contributed by atoms with Gasteiger partial charge in [0.25, 0.3) is 0 Å². The van der Waals surface area contributed by atoms with E-state index in [1.165, 1.54) is 0 Å². The van der Waals surface area contributed by atoms with E-state index >= 15 is 0 Å². The van der Waals surface area contributed by atoms with Crippen LogP contribution in [0.4, 0.5) is 0 Å². The van der Waals surface area contributed by atoms with Crippen LogP contribution in [-0.2, 0) is 32.3 Å². The quantitative estimate of drug-likeness (QED) is 0.0618. The van der Waals surface area contributed by atoms with Crippen LogP contribution >= 0.6 is 0 Å². The maximum atomic E-state index is 12.0. The maximum Gasteiger partial charge on any atom is 2.00 e. The maximum absolute atomic E-state index is 12.0. The molecule has 288 valence electrons. The predicted octanol–water partition coefficient (Wildman–Crippen LogP) is 8.21. The summed E-state index contributed by atoms with van der Waals surface area (Å²) in [5.74, 6) is 1.19. The largest absolute Gasteiger partial charge is 2.00 e. The van der Waals surface area contributed by atoms with Crippen LogP contribution in [-0.4, -0.2) is 38.4 Å². The van der Waals surface area contributed by atoms with Crippen LogP contribution in [0.15, 0.2) is 60.7 Å². The van der Waals surface area contributed by atoms with Crippen LogP contribution in [0.25, 0.3) is 0 Å². The smallest absolute Gasteiger partial charge is 0.545 e. The number of rotatable bonds is 18. The number of fused-ring (bicyclic) bond motifs is 4. The molecule has 55 heavy (non-hydrogen) atoms. The molecule has 0 aliphatic carbocycles. The molecule has 10 nitrogen and oxygen atoms in total. The Kier molecular flexibility index (Phi) is 16.7. The van der Waals surface area contributed by atoms with Gasteiger partial charge in [0.2, 0.25) is 0 Å². The van der Waals surface area contributed by atoms with Crippen molar-refractivity contribution >= 4 is 11.9 Å². The second-order valence-corrected chi connectivity index (χ2v) is 13.3. The molecule has 2 heterocycles. The minimum absolute atomic E-state index is 0. The molecule has 4 aromatic carbocycles. The molecule has 0 saturated carbocycles. The number of ether oxygens (including phenoxy) is 6. The van der Waals surface area contributed by atoms with Gasteiger partial charge in [-0.3, -0.25) is 0 Å². The van der Waals surface area contributed by atoms with Crippen LogP contribution in [0.1, 0.15) is 122 Å². The summed E-state index contributed by atoms with van der Waals surface area (Å²) >= 11 is 0. The van der Waals surface area contributed by atoms with E-state index in [0.717, 1.165) is 74.0 Å². The van der Waals surface area contributed by atoms with Crippen molar-refractivity contribution in [2.45, 2.75) is 91.9 Å². The molecule has 6 rings (SSSR count). The fourth-order valence-electron chi connectivity index (χ4n) is 6.18. The molecule has 4 aromatic rings. The van der Waals surface area contributed by atoms with Gasteiger partial charge in [-0.1, -0.05) is 89.8 Å². The van der Waals surface area contributed by atoms with E-state index in [0.29, 0.717) is 73.4 Å². The van der Waals surface area contributed by atoms with Crippen molar-refractivity contribution in [2.75, 3.05) is 26.4 Å². The fraction of sp³-hybridized carbons (Fsp3) is 0.409. The monoisotopic (exact) mass is 802 g/mol. The number of benzene rings is 4. The van der Waals surface area contributed by atoms with E-state index in [4.69, 9.17) is 28.4 Å². The van der Waals surface area contributed by atoms with Gasteiger partial charge in [-0.15, -0.1) is 0 Å². The van der Waals surface area contributed by atoms with E-state index in [1.54, 1.807) is 12.1 Å². The molecule has 0 unspecified atom stereocenters. The molecule has 2 aliphatic heterocycles. The molecule has 0 N–H and O–H groups in total. The fourth-order valence-corrected chi connectivity index (χ4v) is 6.18. The van der Waals surface area contributed by atoms with Gasteiger partial charge in [0.05, 0.1) is 49.5 Å². The van der Waals surface area contributed by atoms with E-state index in [9.17, 15) is 19.8 Å². The molecular formula is C44H50O10Zn. The first-order chi connectivity index (χ1) is 26.3. The minimum atomic E-state index is -1.28. The second-order valence-electron chi connectivity index (χ2n) is 13.3. The number of hydrogen-bond donors (Lipinski definition) is 0. The van der Waals surface area contributed by atoms with Crippen molar-refractivity contribution in [1.82, 2.24) is 0 Å². The summed E-state index contributed by atoms with van der Waals surface area (Å²) in [6.45, 7) is 10.1. The van der Waals surface area contributed by atoms with Crippen molar-refractivity contribution in [3.63, 3.8) is 0 Å². The van der Waals surface area contributed by atoms with Gasteiger partial charge < -0.3 is 48.2 Å². The number of carboxylic acids is 2. The number of carbonyl (C=O) groups is 2. The molecule has 0 atom stereocenters. The van der Waals surface area contributed by atoms with Gasteiger partial charge in [-0.25, -0.2) is 0 Å². The van der Waals surface area contributed by atoms with Crippen LogP contribution in [0, 0.1) is 0 Å². The molecule has 2 aliphatic rings. The van der Waals surface area contributed by atoms with Gasteiger partial charge in [-0.2, -0.15) is 0 Å². The first kappa shape index (κ1) is 43.0. The Morgan fingerprint density at radius 2 is 0.891 bits per heavy atom. The summed E-state index contributed by atoms with van der Waals surface area (Å²) in [5.41, 5.74) is 3.08. The number of aromatic carboxylic acids is 2. The Morgan fingerprint density at radius 1 is 0.545 bits per heavy atom. The molecule has 0 saturated heterocycles. The summed E-state index contributed by atoms with van der Waals surface area (Å²) in [6.07, 6.45) is 8.17. The van der Waals surface area contributed by atoms with Crippen molar-refractivity contribution in [3.05, 3.63) is 94.0 Å². The van der Waals surface area contributed by atoms with Crippen LogP contribution in [0.5, 0.6) is 46.0 Å². The minimum Gasteiger partial charge on any atom is -0.545 e. The van der Waals surface area contributed by atoms with Crippen LogP contribution in [0.2, 0.25) is 0 Å². The van der Waals surface area contributed by atoms with Gasteiger partial charge in [0, 0.05) is 36.1 Å². The average molecular weight is 804 g/mol. The Balaban J connectivity index is 0.000000240.